The maximum Gasteiger partial charge on any atom is 0.318 e. The number of urea groups is 1. The summed E-state index contributed by atoms with van der Waals surface area (Å²) in [7, 11) is 0. The van der Waals surface area contributed by atoms with Crippen LogP contribution in [-0.4, -0.2) is 42.3 Å². The number of benzene rings is 2. The van der Waals surface area contributed by atoms with Crippen LogP contribution in [0.1, 0.15) is 37.8 Å². The molecule has 166 valence electrons. The normalized spacial score (nSPS) is 21.1. The van der Waals surface area contributed by atoms with Gasteiger partial charge in [-0.25, -0.2) is 13.6 Å². The molecule has 2 aromatic rings. The van der Waals surface area contributed by atoms with Crippen LogP contribution < -0.4 is 10.2 Å². The summed E-state index contributed by atoms with van der Waals surface area (Å²) in [6, 6.07) is 11.3. The Kier molecular flexibility index (Phi) is 6.41. The first-order valence-corrected chi connectivity index (χ1v) is 10.9. The van der Waals surface area contributed by atoms with Crippen LogP contribution in [0.5, 0.6) is 0 Å². The lowest BCUT2D eigenvalue weighted by Gasteiger charge is -2.37. The minimum absolute atomic E-state index is 0.0524. The van der Waals surface area contributed by atoms with Crippen LogP contribution in [-0.2, 0) is 17.8 Å². The largest absolute Gasteiger partial charge is 0.372 e. The molecule has 2 amide bonds. The number of nitrogens with one attached hydrogen (secondary N) is 1. The first-order chi connectivity index (χ1) is 14.9. The number of carbonyl (C=O) groups excluding carboxylic acids is 1. The number of rotatable bonds is 6. The van der Waals surface area contributed by atoms with Gasteiger partial charge < -0.3 is 19.9 Å². The molecule has 1 saturated carbocycles. The van der Waals surface area contributed by atoms with Crippen LogP contribution in [0.4, 0.5) is 19.3 Å². The van der Waals surface area contributed by atoms with Crippen molar-refractivity contribution in [2.24, 2.45) is 0 Å². The van der Waals surface area contributed by atoms with Crippen molar-refractivity contribution in [3.63, 3.8) is 0 Å². The molecular formula is C24H29F2N3O2. The summed E-state index contributed by atoms with van der Waals surface area (Å²) in [5.41, 5.74) is 2.15. The van der Waals surface area contributed by atoms with E-state index in [1.165, 1.54) is 18.2 Å². The molecule has 0 bridgehead atoms. The van der Waals surface area contributed by atoms with Gasteiger partial charge in [-0.15, -0.1) is 0 Å². The number of halogens is 2. The molecule has 31 heavy (non-hydrogen) atoms. The summed E-state index contributed by atoms with van der Waals surface area (Å²) in [6.07, 6.45) is 2.04. The van der Waals surface area contributed by atoms with Crippen LogP contribution in [0.15, 0.2) is 42.5 Å². The van der Waals surface area contributed by atoms with E-state index in [1.54, 1.807) is 23.1 Å². The number of nitrogens with zero attached hydrogens (tertiary/aromatic N) is 2. The molecule has 2 aliphatic rings. The first kappa shape index (κ1) is 21.6. The van der Waals surface area contributed by atoms with E-state index in [0.29, 0.717) is 30.9 Å². The Hall–Kier alpha value is -2.67. The quantitative estimate of drug-likeness (QED) is 0.738. The van der Waals surface area contributed by atoms with Crippen molar-refractivity contribution in [1.29, 1.82) is 0 Å². The summed E-state index contributed by atoms with van der Waals surface area (Å²) in [4.78, 5) is 16.5. The summed E-state index contributed by atoms with van der Waals surface area (Å²) in [5, 5.41) is 2.91. The minimum atomic E-state index is -0.294. The van der Waals surface area contributed by atoms with Gasteiger partial charge in [0, 0.05) is 32.2 Å². The summed E-state index contributed by atoms with van der Waals surface area (Å²) in [5.74, 6) is -0.587. The van der Waals surface area contributed by atoms with Gasteiger partial charge >= 0.3 is 6.03 Å². The van der Waals surface area contributed by atoms with Gasteiger partial charge in [0.2, 0.25) is 0 Å². The van der Waals surface area contributed by atoms with Crippen molar-refractivity contribution in [3.8, 4) is 0 Å². The predicted molar refractivity (Wildman–Crippen MR) is 116 cm³/mol. The third-order valence-electron chi connectivity index (χ3n) is 5.73. The van der Waals surface area contributed by atoms with Crippen molar-refractivity contribution < 1.29 is 18.3 Å². The van der Waals surface area contributed by atoms with Crippen LogP contribution in [0.2, 0.25) is 0 Å². The molecule has 2 fully saturated rings. The van der Waals surface area contributed by atoms with Crippen molar-refractivity contribution in [2.45, 2.75) is 58.0 Å². The van der Waals surface area contributed by atoms with Crippen molar-refractivity contribution in [1.82, 2.24) is 10.2 Å². The van der Waals surface area contributed by atoms with Gasteiger partial charge in [-0.2, -0.15) is 0 Å². The van der Waals surface area contributed by atoms with E-state index in [-0.39, 0.29) is 42.5 Å². The molecule has 2 unspecified atom stereocenters. The zero-order valence-corrected chi connectivity index (χ0v) is 18.0. The molecule has 1 aliphatic heterocycles. The van der Waals surface area contributed by atoms with Gasteiger partial charge in [0.1, 0.15) is 11.6 Å². The first-order valence-electron chi connectivity index (χ1n) is 10.9. The Bertz CT molecular complexity index is 908. The Balaban J connectivity index is 1.37. The van der Waals surface area contributed by atoms with E-state index in [2.05, 4.69) is 5.32 Å². The summed E-state index contributed by atoms with van der Waals surface area (Å²) < 4.78 is 33.7. The standard InChI is InChI=1S/C24H29F2N3O2/c1-16-13-28(14-17(2)31-16)23-10-5-19(11-22(23)26)12-27-24(30)29(21-8-9-21)15-18-3-6-20(25)7-4-18/h3-7,10-11,16-17,21H,8-9,12-15H2,1-2H3,(H,27,30). The molecule has 1 heterocycles. The summed E-state index contributed by atoms with van der Waals surface area (Å²) >= 11 is 0. The molecule has 5 nitrogen and oxygen atoms in total. The van der Waals surface area contributed by atoms with E-state index >= 15 is 0 Å². The summed E-state index contributed by atoms with van der Waals surface area (Å²) in [6.45, 7) is 5.95. The second-order valence-electron chi connectivity index (χ2n) is 8.59. The molecular weight excluding hydrogens is 400 g/mol. The fourth-order valence-corrected chi connectivity index (χ4v) is 4.11. The molecule has 7 heteroatoms. The molecule has 0 radical (unpaired) electrons. The fourth-order valence-electron chi connectivity index (χ4n) is 4.11. The highest BCUT2D eigenvalue weighted by Gasteiger charge is 2.32. The molecule has 0 aromatic heterocycles. The highest BCUT2D eigenvalue weighted by atomic mass is 19.1. The van der Waals surface area contributed by atoms with Crippen LogP contribution in [0.3, 0.4) is 0 Å². The number of hydrogen-bond donors (Lipinski definition) is 1. The maximum absolute atomic E-state index is 14.8. The van der Waals surface area contributed by atoms with Crippen LogP contribution in [0, 0.1) is 11.6 Å². The van der Waals surface area contributed by atoms with Gasteiger partial charge in [-0.1, -0.05) is 18.2 Å². The average Bonchev–Trinajstić information content (AvgIpc) is 3.56. The van der Waals surface area contributed by atoms with E-state index in [1.807, 2.05) is 24.8 Å². The third kappa shape index (κ3) is 5.53. The highest BCUT2D eigenvalue weighted by molar-refractivity contribution is 5.75. The number of amides is 2. The van der Waals surface area contributed by atoms with Gasteiger partial charge in [-0.3, -0.25) is 0 Å². The van der Waals surface area contributed by atoms with Crippen molar-refractivity contribution in [3.05, 3.63) is 65.2 Å². The SMILES string of the molecule is CC1CN(c2ccc(CNC(=O)N(Cc3ccc(F)cc3)C3CC3)cc2F)CC(C)O1. The molecule has 2 aromatic carbocycles. The molecule has 4 rings (SSSR count). The number of hydrogen-bond acceptors (Lipinski definition) is 3. The predicted octanol–water partition coefficient (Wildman–Crippen LogP) is 4.45. The zero-order valence-electron chi connectivity index (χ0n) is 18.0. The van der Waals surface area contributed by atoms with E-state index in [0.717, 1.165) is 18.4 Å². The third-order valence-corrected chi connectivity index (χ3v) is 5.73. The van der Waals surface area contributed by atoms with Crippen LogP contribution >= 0.6 is 0 Å². The Labute approximate surface area is 182 Å². The molecule has 0 spiro atoms. The number of morpholine rings is 1. The number of ether oxygens (including phenoxy) is 1. The smallest absolute Gasteiger partial charge is 0.318 e. The fraction of sp³-hybridized carbons (Fsp3) is 0.458. The van der Waals surface area contributed by atoms with Gasteiger partial charge in [0.05, 0.1) is 17.9 Å². The lowest BCUT2D eigenvalue weighted by Crippen LogP contribution is -2.45. The topological polar surface area (TPSA) is 44.8 Å². The Morgan fingerprint density at radius 1 is 1.06 bits per heavy atom. The molecule has 1 saturated heterocycles. The van der Waals surface area contributed by atoms with E-state index in [4.69, 9.17) is 4.74 Å². The lowest BCUT2D eigenvalue weighted by atomic mass is 10.1. The zero-order chi connectivity index (χ0) is 22.0. The number of anilines is 1. The van der Waals surface area contributed by atoms with E-state index < -0.39 is 0 Å². The molecule has 1 N–H and O–H groups in total. The second-order valence-corrected chi connectivity index (χ2v) is 8.59. The van der Waals surface area contributed by atoms with Gasteiger partial charge in [0.25, 0.3) is 0 Å². The Morgan fingerprint density at radius 3 is 2.32 bits per heavy atom. The Morgan fingerprint density at radius 2 is 1.71 bits per heavy atom. The van der Waals surface area contributed by atoms with E-state index in [9.17, 15) is 13.6 Å². The van der Waals surface area contributed by atoms with Crippen molar-refractivity contribution in [2.75, 3.05) is 18.0 Å². The van der Waals surface area contributed by atoms with Gasteiger partial charge in [-0.05, 0) is 62.1 Å². The lowest BCUT2D eigenvalue weighted by molar-refractivity contribution is -0.00539. The average molecular weight is 430 g/mol. The highest BCUT2D eigenvalue weighted by Crippen LogP contribution is 2.29. The second kappa shape index (κ2) is 9.22. The van der Waals surface area contributed by atoms with Crippen LogP contribution in [0.25, 0.3) is 0 Å². The molecule has 2 atom stereocenters. The van der Waals surface area contributed by atoms with Crippen molar-refractivity contribution >= 4 is 11.7 Å². The minimum Gasteiger partial charge on any atom is -0.372 e. The van der Waals surface area contributed by atoms with Gasteiger partial charge in [0.15, 0.2) is 0 Å². The molecule has 1 aliphatic carbocycles. The monoisotopic (exact) mass is 429 g/mol. The maximum atomic E-state index is 14.8. The number of carbonyl (C=O) groups is 1.